The lowest BCUT2D eigenvalue weighted by molar-refractivity contribution is 0.101. The van der Waals surface area contributed by atoms with E-state index < -0.39 is 6.09 Å². The molecule has 108 valence electrons. The van der Waals surface area contributed by atoms with E-state index in [0.717, 1.165) is 12.0 Å². The maximum Gasteiger partial charge on any atom is 0.412 e. The highest BCUT2D eigenvalue weighted by molar-refractivity contribution is 5.94. The van der Waals surface area contributed by atoms with Crippen molar-refractivity contribution in [2.75, 3.05) is 6.54 Å². The monoisotopic (exact) mass is 283 g/mol. The van der Waals surface area contributed by atoms with Gasteiger partial charge in [0.15, 0.2) is 5.78 Å². The van der Waals surface area contributed by atoms with Crippen molar-refractivity contribution in [3.05, 3.63) is 65.7 Å². The molecule has 0 heterocycles. The zero-order chi connectivity index (χ0) is 15.1. The van der Waals surface area contributed by atoms with E-state index in [-0.39, 0.29) is 5.78 Å². The summed E-state index contributed by atoms with van der Waals surface area (Å²) < 4.78 is 5.14. The van der Waals surface area contributed by atoms with E-state index in [1.54, 1.807) is 24.3 Å². The van der Waals surface area contributed by atoms with E-state index >= 15 is 0 Å². The van der Waals surface area contributed by atoms with Crippen LogP contribution in [-0.4, -0.2) is 18.4 Å². The molecule has 0 radical (unpaired) electrons. The molecule has 0 unspecified atom stereocenters. The van der Waals surface area contributed by atoms with Gasteiger partial charge in [-0.25, -0.2) is 4.79 Å². The molecule has 0 saturated carbocycles. The highest BCUT2D eigenvalue weighted by Gasteiger charge is 2.06. The molecule has 2 aromatic carbocycles. The first-order valence-electron chi connectivity index (χ1n) is 6.76. The SMILES string of the molecule is CC(=O)c1cccc(OC(=O)NCCc2ccccc2)c1. The molecule has 0 aliphatic heterocycles. The third-order valence-electron chi connectivity index (χ3n) is 2.98. The highest BCUT2D eigenvalue weighted by atomic mass is 16.6. The van der Waals surface area contributed by atoms with Gasteiger partial charge in [-0.05, 0) is 31.0 Å². The first-order chi connectivity index (χ1) is 10.1. The van der Waals surface area contributed by atoms with Crippen molar-refractivity contribution in [2.45, 2.75) is 13.3 Å². The van der Waals surface area contributed by atoms with Crippen LogP contribution >= 0.6 is 0 Å². The molecule has 0 spiro atoms. The zero-order valence-corrected chi connectivity index (χ0v) is 11.8. The van der Waals surface area contributed by atoms with Crippen LogP contribution in [0.3, 0.4) is 0 Å². The molecule has 0 aliphatic carbocycles. The molecular weight excluding hydrogens is 266 g/mol. The summed E-state index contributed by atoms with van der Waals surface area (Å²) >= 11 is 0. The molecule has 0 atom stereocenters. The van der Waals surface area contributed by atoms with Crippen LogP contribution in [0.5, 0.6) is 5.75 Å². The summed E-state index contributed by atoms with van der Waals surface area (Å²) in [5, 5.41) is 2.68. The molecule has 1 N–H and O–H groups in total. The van der Waals surface area contributed by atoms with Crippen LogP contribution in [0.1, 0.15) is 22.8 Å². The van der Waals surface area contributed by atoms with Gasteiger partial charge < -0.3 is 10.1 Å². The van der Waals surface area contributed by atoms with Gasteiger partial charge >= 0.3 is 6.09 Å². The van der Waals surface area contributed by atoms with Gasteiger partial charge in [-0.15, -0.1) is 0 Å². The molecule has 0 bridgehead atoms. The molecular formula is C17H17NO3. The maximum atomic E-state index is 11.7. The van der Waals surface area contributed by atoms with E-state index in [2.05, 4.69) is 5.32 Å². The van der Waals surface area contributed by atoms with E-state index in [4.69, 9.17) is 4.74 Å². The summed E-state index contributed by atoms with van der Waals surface area (Å²) in [6.45, 7) is 1.97. The zero-order valence-electron chi connectivity index (χ0n) is 11.8. The second-order valence-corrected chi connectivity index (χ2v) is 4.64. The van der Waals surface area contributed by atoms with Crippen LogP contribution in [0.25, 0.3) is 0 Å². The molecule has 0 fully saturated rings. The first kappa shape index (κ1) is 14.8. The molecule has 0 aliphatic rings. The molecule has 1 amide bonds. The van der Waals surface area contributed by atoms with Crippen LogP contribution in [0.2, 0.25) is 0 Å². The van der Waals surface area contributed by atoms with Crippen molar-refractivity contribution in [3.63, 3.8) is 0 Å². The van der Waals surface area contributed by atoms with Gasteiger partial charge in [-0.1, -0.05) is 42.5 Å². The minimum Gasteiger partial charge on any atom is -0.410 e. The molecule has 4 heteroatoms. The topological polar surface area (TPSA) is 55.4 Å². The average Bonchev–Trinajstić information content (AvgIpc) is 2.48. The van der Waals surface area contributed by atoms with Crippen LogP contribution in [0.4, 0.5) is 4.79 Å². The average molecular weight is 283 g/mol. The van der Waals surface area contributed by atoms with E-state index in [1.807, 2.05) is 30.3 Å². The predicted molar refractivity (Wildman–Crippen MR) is 80.6 cm³/mol. The molecule has 2 aromatic rings. The first-order valence-corrected chi connectivity index (χ1v) is 6.76. The number of amides is 1. The highest BCUT2D eigenvalue weighted by Crippen LogP contribution is 2.13. The van der Waals surface area contributed by atoms with Crippen molar-refractivity contribution >= 4 is 11.9 Å². The van der Waals surface area contributed by atoms with Gasteiger partial charge in [-0.3, -0.25) is 4.79 Å². The standard InChI is InChI=1S/C17H17NO3/c1-13(19)15-8-5-9-16(12-15)21-17(20)18-11-10-14-6-3-2-4-7-14/h2-9,12H,10-11H2,1H3,(H,18,20). The summed E-state index contributed by atoms with van der Waals surface area (Å²) in [7, 11) is 0. The number of carbonyl (C=O) groups is 2. The summed E-state index contributed by atoms with van der Waals surface area (Å²) in [6, 6.07) is 16.4. The number of Topliss-reactive ketones (excluding diaryl/α,β-unsaturated/α-hetero) is 1. The molecule has 21 heavy (non-hydrogen) atoms. The van der Waals surface area contributed by atoms with Crippen molar-refractivity contribution < 1.29 is 14.3 Å². The lowest BCUT2D eigenvalue weighted by atomic mass is 10.1. The Morgan fingerprint density at radius 1 is 1.05 bits per heavy atom. The third-order valence-corrected chi connectivity index (χ3v) is 2.98. The summed E-state index contributed by atoms with van der Waals surface area (Å²) in [4.78, 5) is 22.9. The Kier molecular flexibility index (Phi) is 5.10. The minimum atomic E-state index is -0.522. The van der Waals surface area contributed by atoms with Crippen LogP contribution in [0.15, 0.2) is 54.6 Å². The van der Waals surface area contributed by atoms with Crippen molar-refractivity contribution in [3.8, 4) is 5.75 Å². The Labute approximate surface area is 123 Å². The second-order valence-electron chi connectivity index (χ2n) is 4.64. The van der Waals surface area contributed by atoms with E-state index in [0.29, 0.717) is 17.9 Å². The summed E-state index contributed by atoms with van der Waals surface area (Å²) in [5.74, 6) is 0.296. The molecule has 0 saturated heterocycles. The van der Waals surface area contributed by atoms with Gasteiger partial charge in [-0.2, -0.15) is 0 Å². The van der Waals surface area contributed by atoms with Crippen molar-refractivity contribution in [2.24, 2.45) is 0 Å². The fourth-order valence-corrected chi connectivity index (χ4v) is 1.88. The Morgan fingerprint density at radius 2 is 1.81 bits per heavy atom. The molecule has 4 nitrogen and oxygen atoms in total. The molecule has 2 rings (SSSR count). The predicted octanol–water partition coefficient (Wildman–Crippen LogP) is 3.22. The van der Waals surface area contributed by atoms with E-state index in [9.17, 15) is 9.59 Å². The van der Waals surface area contributed by atoms with Gasteiger partial charge in [0, 0.05) is 12.1 Å². The Bertz CT molecular complexity index is 623. The number of hydrogen-bond acceptors (Lipinski definition) is 3. The van der Waals surface area contributed by atoms with E-state index in [1.165, 1.54) is 6.92 Å². The number of ether oxygens (including phenoxy) is 1. The van der Waals surface area contributed by atoms with Crippen molar-refractivity contribution in [1.29, 1.82) is 0 Å². The van der Waals surface area contributed by atoms with Gasteiger partial charge in [0.25, 0.3) is 0 Å². The second kappa shape index (κ2) is 7.24. The summed E-state index contributed by atoms with van der Waals surface area (Å²) in [6.07, 6.45) is 0.218. The smallest absolute Gasteiger partial charge is 0.410 e. The van der Waals surface area contributed by atoms with Crippen LogP contribution in [0, 0.1) is 0 Å². The number of ketones is 1. The van der Waals surface area contributed by atoms with Crippen LogP contribution in [-0.2, 0) is 6.42 Å². The number of rotatable bonds is 5. The van der Waals surface area contributed by atoms with Gasteiger partial charge in [0.1, 0.15) is 5.75 Å². The van der Waals surface area contributed by atoms with Crippen molar-refractivity contribution in [1.82, 2.24) is 5.32 Å². The fraction of sp³-hybridized carbons (Fsp3) is 0.176. The number of benzene rings is 2. The number of hydrogen-bond donors (Lipinski definition) is 1. The Morgan fingerprint density at radius 3 is 2.52 bits per heavy atom. The quantitative estimate of drug-likeness (QED) is 0.857. The fourth-order valence-electron chi connectivity index (χ4n) is 1.88. The third kappa shape index (κ3) is 4.76. The lowest BCUT2D eigenvalue weighted by Crippen LogP contribution is -2.28. The van der Waals surface area contributed by atoms with Gasteiger partial charge in [0.2, 0.25) is 0 Å². The Balaban J connectivity index is 1.82. The largest absolute Gasteiger partial charge is 0.412 e. The normalized spacial score (nSPS) is 9.95. The summed E-state index contributed by atoms with van der Waals surface area (Å²) in [5.41, 5.74) is 1.67. The van der Waals surface area contributed by atoms with Crippen LogP contribution < -0.4 is 10.1 Å². The number of carbonyl (C=O) groups excluding carboxylic acids is 2. The maximum absolute atomic E-state index is 11.7. The Hall–Kier alpha value is -2.62. The molecule has 0 aromatic heterocycles. The lowest BCUT2D eigenvalue weighted by Gasteiger charge is -2.07. The van der Waals surface area contributed by atoms with Gasteiger partial charge in [0.05, 0.1) is 0 Å². The minimum absolute atomic E-state index is 0.0649. The number of nitrogens with one attached hydrogen (secondary N) is 1.